The topological polar surface area (TPSA) is 52.6 Å². The lowest BCUT2D eigenvalue weighted by Crippen LogP contribution is -2.37. The van der Waals surface area contributed by atoms with Crippen molar-refractivity contribution in [2.24, 2.45) is 0 Å². The zero-order chi connectivity index (χ0) is 16.8. The molecular formula is C18H21ClN2O2. The molecule has 0 heterocycles. The summed E-state index contributed by atoms with van der Waals surface area (Å²) in [6, 6.07) is 15.0. The molecule has 2 aromatic carbocycles. The van der Waals surface area contributed by atoms with Gasteiger partial charge < -0.3 is 15.3 Å². The van der Waals surface area contributed by atoms with Gasteiger partial charge in [-0.3, -0.25) is 4.79 Å². The van der Waals surface area contributed by atoms with Crippen LogP contribution in [0.3, 0.4) is 0 Å². The van der Waals surface area contributed by atoms with E-state index in [0.29, 0.717) is 17.3 Å². The summed E-state index contributed by atoms with van der Waals surface area (Å²) in [4.78, 5) is 14.2. The van der Waals surface area contributed by atoms with Crippen LogP contribution >= 0.6 is 11.6 Å². The minimum Gasteiger partial charge on any atom is -0.392 e. The van der Waals surface area contributed by atoms with Crippen molar-refractivity contribution in [3.8, 4) is 0 Å². The van der Waals surface area contributed by atoms with Gasteiger partial charge in [0.15, 0.2) is 0 Å². The van der Waals surface area contributed by atoms with Gasteiger partial charge in [0.25, 0.3) is 0 Å². The molecule has 0 saturated heterocycles. The molecule has 0 aromatic heterocycles. The maximum atomic E-state index is 12.4. The SMILES string of the molecule is Cc1c(Cl)cccc1NC(=O)CN(C[C@@H](C)O)c1ccccc1. The standard InChI is InChI=1S/C18H21ClN2O2/c1-13(22)11-21(15-7-4-3-5-8-15)12-18(23)20-17-10-6-9-16(19)14(17)2/h3-10,13,22H,11-12H2,1-2H3,(H,20,23)/t13-/m1/s1. The van der Waals surface area contributed by atoms with Gasteiger partial charge in [0, 0.05) is 22.9 Å². The van der Waals surface area contributed by atoms with Gasteiger partial charge in [-0.25, -0.2) is 0 Å². The normalized spacial score (nSPS) is 11.8. The highest BCUT2D eigenvalue weighted by Gasteiger charge is 2.14. The monoisotopic (exact) mass is 332 g/mol. The summed E-state index contributed by atoms with van der Waals surface area (Å²) < 4.78 is 0. The number of carbonyl (C=O) groups excluding carboxylic acids is 1. The number of carbonyl (C=O) groups is 1. The quantitative estimate of drug-likeness (QED) is 0.851. The van der Waals surface area contributed by atoms with Crippen LogP contribution in [0.1, 0.15) is 12.5 Å². The summed E-state index contributed by atoms with van der Waals surface area (Å²) in [7, 11) is 0. The number of amides is 1. The molecule has 0 saturated carbocycles. The molecule has 0 radical (unpaired) electrons. The molecule has 4 nitrogen and oxygen atoms in total. The zero-order valence-electron chi connectivity index (χ0n) is 13.3. The number of hydrogen-bond donors (Lipinski definition) is 2. The van der Waals surface area contributed by atoms with Crippen LogP contribution in [0.5, 0.6) is 0 Å². The predicted octanol–water partition coefficient (Wildman–Crippen LogP) is 3.47. The molecule has 0 aliphatic rings. The Morgan fingerprint density at radius 1 is 1.22 bits per heavy atom. The number of halogens is 1. The molecule has 0 bridgehead atoms. The van der Waals surface area contributed by atoms with Gasteiger partial charge in [-0.15, -0.1) is 0 Å². The van der Waals surface area contributed by atoms with E-state index >= 15 is 0 Å². The number of aliphatic hydroxyl groups excluding tert-OH is 1. The van der Waals surface area contributed by atoms with Crippen LogP contribution in [0, 0.1) is 6.92 Å². The zero-order valence-corrected chi connectivity index (χ0v) is 14.0. The summed E-state index contributed by atoms with van der Waals surface area (Å²) in [5.74, 6) is -0.153. The van der Waals surface area contributed by atoms with E-state index in [1.54, 1.807) is 19.1 Å². The first-order valence-corrected chi connectivity index (χ1v) is 7.88. The Hall–Kier alpha value is -2.04. The smallest absolute Gasteiger partial charge is 0.243 e. The van der Waals surface area contributed by atoms with Crippen LogP contribution in [0.25, 0.3) is 0 Å². The number of nitrogens with zero attached hydrogens (tertiary/aromatic N) is 1. The maximum absolute atomic E-state index is 12.4. The van der Waals surface area contributed by atoms with Gasteiger partial charge in [-0.2, -0.15) is 0 Å². The Labute approximate surface area is 141 Å². The lowest BCUT2D eigenvalue weighted by Gasteiger charge is -2.25. The number of rotatable bonds is 6. The molecule has 23 heavy (non-hydrogen) atoms. The molecule has 0 aliphatic carbocycles. The number of nitrogens with one attached hydrogen (secondary N) is 1. The minimum atomic E-state index is -0.532. The Kier molecular flexibility index (Phi) is 6.02. The molecule has 1 amide bonds. The Morgan fingerprint density at radius 2 is 1.91 bits per heavy atom. The third-order valence-electron chi connectivity index (χ3n) is 3.48. The van der Waals surface area contributed by atoms with E-state index in [9.17, 15) is 9.90 Å². The first kappa shape index (κ1) is 17.3. The number of anilines is 2. The molecule has 5 heteroatoms. The van der Waals surface area contributed by atoms with Crippen LogP contribution < -0.4 is 10.2 Å². The van der Waals surface area contributed by atoms with E-state index in [4.69, 9.17) is 11.6 Å². The van der Waals surface area contributed by atoms with Crippen molar-refractivity contribution in [1.82, 2.24) is 0 Å². The summed E-state index contributed by atoms with van der Waals surface area (Å²) in [6.07, 6.45) is -0.532. The van der Waals surface area contributed by atoms with Crippen LogP contribution in [0.15, 0.2) is 48.5 Å². The average Bonchev–Trinajstić information content (AvgIpc) is 2.51. The van der Waals surface area contributed by atoms with E-state index in [0.717, 1.165) is 11.3 Å². The van der Waals surface area contributed by atoms with Crippen LogP contribution in [-0.2, 0) is 4.79 Å². The molecule has 2 rings (SSSR count). The number of aliphatic hydroxyl groups is 1. The Balaban J connectivity index is 2.10. The van der Waals surface area contributed by atoms with E-state index in [-0.39, 0.29) is 12.5 Å². The van der Waals surface area contributed by atoms with Crippen molar-refractivity contribution in [2.75, 3.05) is 23.3 Å². The van der Waals surface area contributed by atoms with Crippen molar-refractivity contribution in [3.63, 3.8) is 0 Å². The third-order valence-corrected chi connectivity index (χ3v) is 3.89. The van der Waals surface area contributed by atoms with Gasteiger partial charge in [-0.1, -0.05) is 35.9 Å². The first-order valence-electron chi connectivity index (χ1n) is 7.50. The molecule has 2 N–H and O–H groups in total. The molecular weight excluding hydrogens is 312 g/mol. The van der Waals surface area contributed by atoms with Crippen LogP contribution in [-0.4, -0.2) is 30.2 Å². The van der Waals surface area contributed by atoms with Crippen molar-refractivity contribution in [2.45, 2.75) is 20.0 Å². The first-order chi connectivity index (χ1) is 11.0. The Bertz CT molecular complexity index is 659. The van der Waals surface area contributed by atoms with E-state index in [1.165, 1.54) is 0 Å². The highest BCUT2D eigenvalue weighted by molar-refractivity contribution is 6.31. The molecule has 0 spiro atoms. The van der Waals surface area contributed by atoms with Crippen molar-refractivity contribution in [3.05, 3.63) is 59.1 Å². The third kappa shape index (κ3) is 4.98. The fourth-order valence-corrected chi connectivity index (χ4v) is 2.50. The molecule has 1 atom stereocenters. The maximum Gasteiger partial charge on any atom is 0.243 e. The van der Waals surface area contributed by atoms with E-state index < -0.39 is 6.10 Å². The lowest BCUT2D eigenvalue weighted by molar-refractivity contribution is -0.115. The number of benzene rings is 2. The molecule has 2 aromatic rings. The average molecular weight is 333 g/mol. The molecule has 122 valence electrons. The van der Waals surface area contributed by atoms with Gasteiger partial charge in [0.2, 0.25) is 5.91 Å². The van der Waals surface area contributed by atoms with E-state index in [1.807, 2.05) is 48.2 Å². The van der Waals surface area contributed by atoms with Gasteiger partial charge in [-0.05, 0) is 43.7 Å². The Morgan fingerprint density at radius 3 is 2.57 bits per heavy atom. The summed E-state index contributed by atoms with van der Waals surface area (Å²) in [5, 5.41) is 13.2. The lowest BCUT2D eigenvalue weighted by atomic mass is 10.2. The van der Waals surface area contributed by atoms with Gasteiger partial charge in [0.05, 0.1) is 12.6 Å². The number of para-hydroxylation sites is 1. The summed E-state index contributed by atoms with van der Waals surface area (Å²) >= 11 is 6.07. The minimum absolute atomic E-state index is 0.153. The van der Waals surface area contributed by atoms with Crippen molar-refractivity contribution < 1.29 is 9.90 Å². The fourth-order valence-electron chi connectivity index (χ4n) is 2.32. The van der Waals surface area contributed by atoms with Crippen molar-refractivity contribution >= 4 is 28.9 Å². The summed E-state index contributed by atoms with van der Waals surface area (Å²) in [6.45, 7) is 4.10. The second-order valence-electron chi connectivity index (χ2n) is 5.53. The molecule has 0 unspecified atom stereocenters. The highest BCUT2D eigenvalue weighted by Crippen LogP contribution is 2.23. The highest BCUT2D eigenvalue weighted by atomic mass is 35.5. The van der Waals surface area contributed by atoms with Gasteiger partial charge in [0.1, 0.15) is 0 Å². The van der Waals surface area contributed by atoms with Crippen LogP contribution in [0.2, 0.25) is 5.02 Å². The van der Waals surface area contributed by atoms with Crippen molar-refractivity contribution in [1.29, 1.82) is 0 Å². The summed E-state index contributed by atoms with van der Waals surface area (Å²) in [5.41, 5.74) is 2.43. The molecule has 0 aliphatic heterocycles. The fraction of sp³-hybridized carbons (Fsp3) is 0.278. The second kappa shape index (κ2) is 7.99. The predicted molar refractivity (Wildman–Crippen MR) is 95.2 cm³/mol. The number of hydrogen-bond acceptors (Lipinski definition) is 3. The largest absolute Gasteiger partial charge is 0.392 e. The molecule has 0 fully saturated rings. The van der Waals surface area contributed by atoms with E-state index in [2.05, 4.69) is 5.32 Å². The second-order valence-corrected chi connectivity index (χ2v) is 5.93. The van der Waals surface area contributed by atoms with Crippen LogP contribution in [0.4, 0.5) is 11.4 Å². The van der Waals surface area contributed by atoms with Gasteiger partial charge >= 0.3 is 0 Å².